The van der Waals surface area contributed by atoms with Crippen LogP contribution in [-0.2, 0) is 11.2 Å². The van der Waals surface area contributed by atoms with E-state index in [2.05, 4.69) is 18.3 Å². The summed E-state index contributed by atoms with van der Waals surface area (Å²) in [4.78, 5) is 37.6. The van der Waals surface area contributed by atoms with Gasteiger partial charge >= 0.3 is 0 Å². The van der Waals surface area contributed by atoms with Crippen molar-refractivity contribution in [1.82, 2.24) is 0 Å². The number of non-ortho nitro benzene ring substituents is 1. The highest BCUT2D eigenvalue weighted by Crippen LogP contribution is 2.43. The Kier molecular flexibility index (Phi) is 6.74. The van der Waals surface area contributed by atoms with Crippen LogP contribution in [0.5, 0.6) is 0 Å². The molecule has 0 aromatic heterocycles. The number of para-hydroxylation sites is 1. The molecule has 1 aliphatic heterocycles. The van der Waals surface area contributed by atoms with Crippen LogP contribution in [0.25, 0.3) is 0 Å². The summed E-state index contributed by atoms with van der Waals surface area (Å²) in [6.45, 7) is 2.12. The first-order chi connectivity index (χ1) is 16.0. The van der Waals surface area contributed by atoms with Crippen molar-refractivity contribution in [3.8, 4) is 0 Å². The maximum absolute atomic E-state index is 12.8. The Labute approximate surface area is 196 Å². The van der Waals surface area contributed by atoms with Gasteiger partial charge in [0.25, 0.3) is 11.6 Å². The Hall–Kier alpha value is -3.65. The van der Waals surface area contributed by atoms with Crippen LogP contribution in [0.1, 0.15) is 40.2 Å². The third-order valence-corrected chi connectivity index (χ3v) is 6.62. The number of nitro groups is 1. The van der Waals surface area contributed by atoms with Gasteiger partial charge in [0, 0.05) is 29.1 Å². The minimum atomic E-state index is -0.531. The summed E-state index contributed by atoms with van der Waals surface area (Å²) >= 11 is 1.58. The first-order valence-corrected chi connectivity index (χ1v) is 11.7. The normalized spacial score (nSPS) is 15.5. The van der Waals surface area contributed by atoms with Crippen LogP contribution >= 0.6 is 11.8 Å². The molecule has 3 aromatic rings. The summed E-state index contributed by atoms with van der Waals surface area (Å²) in [5.74, 6) is 0.0692. The van der Waals surface area contributed by atoms with Gasteiger partial charge < -0.3 is 5.32 Å². The fourth-order valence-corrected chi connectivity index (χ4v) is 5.02. The molecule has 0 spiro atoms. The highest BCUT2D eigenvalue weighted by molar-refractivity contribution is 8.00. The van der Waals surface area contributed by atoms with E-state index in [1.54, 1.807) is 23.9 Å². The molecule has 1 heterocycles. The summed E-state index contributed by atoms with van der Waals surface area (Å²) in [5, 5.41) is 13.6. The zero-order valence-corrected chi connectivity index (χ0v) is 18.9. The maximum Gasteiger partial charge on any atom is 0.270 e. The number of nitrogens with zero attached hydrogens (tertiary/aromatic N) is 2. The molecule has 0 bridgehead atoms. The van der Waals surface area contributed by atoms with Crippen molar-refractivity contribution in [3.05, 3.63) is 99.6 Å². The Balaban J connectivity index is 1.53. The topological polar surface area (TPSA) is 92.6 Å². The van der Waals surface area contributed by atoms with E-state index < -0.39 is 10.8 Å². The van der Waals surface area contributed by atoms with Crippen LogP contribution in [0, 0.1) is 10.1 Å². The molecule has 33 heavy (non-hydrogen) atoms. The lowest BCUT2D eigenvalue weighted by Crippen LogP contribution is -2.28. The summed E-state index contributed by atoms with van der Waals surface area (Å²) in [6, 6.07) is 21.0. The number of aryl methyl sites for hydroxylation is 1. The molecule has 1 N–H and O–H groups in total. The molecule has 4 rings (SSSR count). The minimum absolute atomic E-state index is 0.0802. The van der Waals surface area contributed by atoms with Gasteiger partial charge in [-0.05, 0) is 41.8 Å². The number of hydrogen-bond donors (Lipinski definition) is 1. The first-order valence-electron chi connectivity index (χ1n) is 10.6. The summed E-state index contributed by atoms with van der Waals surface area (Å²) in [5.41, 5.74) is 3.71. The number of nitrogens with one attached hydrogen (secondary N) is 1. The maximum atomic E-state index is 12.8. The second-order valence-electron chi connectivity index (χ2n) is 7.69. The summed E-state index contributed by atoms with van der Waals surface area (Å²) < 4.78 is 0. The average Bonchev–Trinajstić information content (AvgIpc) is 3.21. The Morgan fingerprint density at radius 3 is 2.61 bits per heavy atom. The van der Waals surface area contributed by atoms with E-state index in [-0.39, 0.29) is 22.5 Å². The molecule has 8 heteroatoms. The largest absolute Gasteiger partial charge is 0.322 e. The number of carbonyl (C=O) groups is 2. The van der Waals surface area contributed by atoms with E-state index >= 15 is 0 Å². The Bertz CT molecular complexity index is 1200. The number of amides is 2. The number of nitro benzene ring substituents is 1. The summed E-state index contributed by atoms with van der Waals surface area (Å²) in [6.07, 6.45) is 1.90. The lowest BCUT2D eigenvalue weighted by molar-refractivity contribution is -0.384. The van der Waals surface area contributed by atoms with Crippen molar-refractivity contribution >= 4 is 40.6 Å². The second kappa shape index (κ2) is 9.87. The molecule has 0 aliphatic carbocycles. The lowest BCUT2D eigenvalue weighted by atomic mass is 10.1. The lowest BCUT2D eigenvalue weighted by Gasteiger charge is -2.26. The molecule has 7 nitrogen and oxygen atoms in total. The third-order valence-electron chi connectivity index (χ3n) is 5.41. The second-order valence-corrected chi connectivity index (χ2v) is 8.76. The molecule has 0 saturated carbocycles. The van der Waals surface area contributed by atoms with E-state index in [0.717, 1.165) is 29.7 Å². The number of anilines is 2. The van der Waals surface area contributed by atoms with E-state index in [1.165, 1.54) is 24.3 Å². The quantitative estimate of drug-likeness (QED) is 0.366. The molecule has 2 amide bonds. The zero-order chi connectivity index (χ0) is 23.4. The fraction of sp³-hybridized carbons (Fsp3) is 0.200. The number of hydrogen-bond acceptors (Lipinski definition) is 5. The van der Waals surface area contributed by atoms with E-state index in [0.29, 0.717) is 11.4 Å². The van der Waals surface area contributed by atoms with Gasteiger partial charge in [-0.3, -0.25) is 24.6 Å². The van der Waals surface area contributed by atoms with Crippen molar-refractivity contribution in [2.45, 2.75) is 25.1 Å². The SMILES string of the molecule is CCCc1ccccc1N1C(=O)CS[C@@H]1c1ccc(NC(=O)c2cccc([N+](=O)[O-])c2)cc1. The van der Waals surface area contributed by atoms with Gasteiger partial charge in [-0.1, -0.05) is 49.7 Å². The monoisotopic (exact) mass is 461 g/mol. The van der Waals surface area contributed by atoms with E-state index in [4.69, 9.17) is 0 Å². The molecule has 0 unspecified atom stereocenters. The fourth-order valence-electron chi connectivity index (χ4n) is 3.85. The van der Waals surface area contributed by atoms with Crippen LogP contribution in [0.3, 0.4) is 0 Å². The van der Waals surface area contributed by atoms with Gasteiger partial charge in [-0.2, -0.15) is 0 Å². The highest BCUT2D eigenvalue weighted by atomic mass is 32.2. The summed E-state index contributed by atoms with van der Waals surface area (Å²) in [7, 11) is 0. The number of carbonyl (C=O) groups excluding carboxylic acids is 2. The van der Waals surface area contributed by atoms with Crippen LogP contribution in [-0.4, -0.2) is 22.5 Å². The van der Waals surface area contributed by atoms with Gasteiger partial charge in [0.1, 0.15) is 5.37 Å². The first kappa shape index (κ1) is 22.5. The molecular weight excluding hydrogens is 438 g/mol. The molecule has 1 fully saturated rings. The van der Waals surface area contributed by atoms with Gasteiger partial charge in [0.15, 0.2) is 0 Å². The van der Waals surface area contributed by atoms with Gasteiger partial charge in [-0.15, -0.1) is 11.8 Å². The van der Waals surface area contributed by atoms with Crippen LogP contribution in [0.2, 0.25) is 0 Å². The predicted octanol–water partition coefficient (Wildman–Crippen LogP) is 5.58. The molecule has 0 radical (unpaired) electrons. The van der Waals surface area contributed by atoms with Crippen LogP contribution in [0.15, 0.2) is 72.8 Å². The van der Waals surface area contributed by atoms with Crippen LogP contribution in [0.4, 0.5) is 17.1 Å². The number of rotatable bonds is 7. The molecule has 1 aliphatic rings. The van der Waals surface area contributed by atoms with Crippen molar-refractivity contribution in [2.24, 2.45) is 0 Å². The Morgan fingerprint density at radius 1 is 1.12 bits per heavy atom. The zero-order valence-electron chi connectivity index (χ0n) is 18.1. The van der Waals surface area contributed by atoms with Crippen molar-refractivity contribution in [1.29, 1.82) is 0 Å². The highest BCUT2D eigenvalue weighted by Gasteiger charge is 2.35. The van der Waals surface area contributed by atoms with Crippen molar-refractivity contribution < 1.29 is 14.5 Å². The molecule has 1 atom stereocenters. The van der Waals surface area contributed by atoms with Crippen molar-refractivity contribution in [2.75, 3.05) is 16.0 Å². The average molecular weight is 462 g/mol. The third kappa shape index (κ3) is 4.90. The number of thioether (sulfide) groups is 1. The van der Waals surface area contributed by atoms with Gasteiger partial charge in [-0.25, -0.2) is 0 Å². The molecule has 3 aromatic carbocycles. The van der Waals surface area contributed by atoms with Crippen LogP contribution < -0.4 is 10.2 Å². The molecular formula is C25H23N3O4S. The minimum Gasteiger partial charge on any atom is -0.322 e. The van der Waals surface area contributed by atoms with Gasteiger partial charge in [0.2, 0.25) is 5.91 Å². The van der Waals surface area contributed by atoms with E-state index in [9.17, 15) is 19.7 Å². The Morgan fingerprint density at radius 2 is 1.88 bits per heavy atom. The van der Waals surface area contributed by atoms with Crippen molar-refractivity contribution in [3.63, 3.8) is 0 Å². The number of benzene rings is 3. The smallest absolute Gasteiger partial charge is 0.270 e. The molecule has 168 valence electrons. The van der Waals surface area contributed by atoms with E-state index in [1.807, 2.05) is 35.2 Å². The standard InChI is InChI=1S/C25H23N3O4S/c1-2-6-17-7-3-4-10-22(17)27-23(29)16-33-25(27)18-11-13-20(14-12-18)26-24(30)19-8-5-9-21(15-19)28(31)32/h3-5,7-15,25H,2,6,16H2,1H3,(H,26,30)/t25-/m1/s1. The predicted molar refractivity (Wildman–Crippen MR) is 131 cm³/mol. The molecule has 1 saturated heterocycles. The van der Waals surface area contributed by atoms with Gasteiger partial charge in [0.05, 0.1) is 10.7 Å².